The van der Waals surface area contributed by atoms with Gasteiger partial charge in [0.25, 0.3) is 0 Å². The largest absolute Gasteiger partial charge is 0.493 e. The van der Waals surface area contributed by atoms with Gasteiger partial charge in [0, 0.05) is 55.3 Å². The van der Waals surface area contributed by atoms with Crippen LogP contribution < -0.4 is 10.1 Å². The molecule has 178 valence electrons. The van der Waals surface area contributed by atoms with Crippen LogP contribution in [0.1, 0.15) is 12.8 Å². The SMILES string of the molecule is CN1CCN(C2=CC=C3CC2COC/C=C/CCOc2cccc(c2)-c2ccnc(n2)N3)CC1. The lowest BCUT2D eigenvalue weighted by atomic mass is 9.93. The molecule has 3 heterocycles. The number of hydrogen-bond donors (Lipinski definition) is 1. The van der Waals surface area contributed by atoms with E-state index in [1.54, 1.807) is 6.20 Å². The van der Waals surface area contributed by atoms with E-state index in [2.05, 4.69) is 57.5 Å². The van der Waals surface area contributed by atoms with Crippen molar-refractivity contribution in [1.82, 2.24) is 19.8 Å². The molecule has 1 saturated heterocycles. The van der Waals surface area contributed by atoms with Crippen molar-refractivity contribution >= 4 is 5.95 Å². The van der Waals surface area contributed by atoms with Crippen molar-refractivity contribution in [1.29, 1.82) is 0 Å². The number of rotatable bonds is 1. The number of benzene rings is 1. The Hall–Kier alpha value is -3.16. The van der Waals surface area contributed by atoms with Crippen LogP contribution in [-0.4, -0.2) is 72.8 Å². The molecule has 0 radical (unpaired) electrons. The van der Waals surface area contributed by atoms with Crippen molar-refractivity contribution in [2.75, 3.05) is 58.4 Å². The van der Waals surface area contributed by atoms with E-state index in [1.807, 2.05) is 24.3 Å². The van der Waals surface area contributed by atoms with Gasteiger partial charge in [-0.15, -0.1) is 0 Å². The van der Waals surface area contributed by atoms with E-state index in [0.717, 1.165) is 61.7 Å². The van der Waals surface area contributed by atoms with Gasteiger partial charge >= 0.3 is 0 Å². The molecule has 1 aliphatic carbocycles. The first kappa shape index (κ1) is 22.6. The monoisotopic (exact) mass is 459 g/mol. The third-order valence-electron chi connectivity index (χ3n) is 6.52. The first-order valence-corrected chi connectivity index (χ1v) is 12.1. The highest BCUT2D eigenvalue weighted by Crippen LogP contribution is 2.30. The highest BCUT2D eigenvalue weighted by molar-refractivity contribution is 5.62. The van der Waals surface area contributed by atoms with Gasteiger partial charge in [-0.25, -0.2) is 9.97 Å². The smallest absolute Gasteiger partial charge is 0.227 e. The molecule has 3 aliphatic rings. The summed E-state index contributed by atoms with van der Waals surface area (Å²) in [5.41, 5.74) is 4.36. The topological polar surface area (TPSA) is 62.8 Å². The summed E-state index contributed by atoms with van der Waals surface area (Å²) in [5, 5.41) is 3.46. The van der Waals surface area contributed by atoms with Crippen molar-refractivity contribution in [3.8, 4) is 17.0 Å². The molecule has 1 aromatic carbocycles. The average Bonchev–Trinajstić information content (AvgIpc) is 2.86. The number of hydrogen-bond acceptors (Lipinski definition) is 7. The van der Waals surface area contributed by atoms with Crippen LogP contribution in [0.3, 0.4) is 0 Å². The Morgan fingerprint density at radius 1 is 1.06 bits per heavy atom. The van der Waals surface area contributed by atoms with Gasteiger partial charge in [-0.1, -0.05) is 24.3 Å². The fraction of sp³-hybridized carbons (Fsp3) is 0.407. The Bertz CT molecular complexity index is 1070. The summed E-state index contributed by atoms with van der Waals surface area (Å²) in [6, 6.07) is 9.99. The highest BCUT2D eigenvalue weighted by Gasteiger charge is 2.26. The number of anilines is 1. The molecule has 0 saturated carbocycles. The standard InChI is InChI=1S/C27H33N5O2/c1-31-12-14-32(15-13-31)26-9-8-23-18-22(26)20-33-16-3-2-4-17-34-24-7-5-6-21(19-24)25-10-11-28-27(29-23)30-25/h2-3,5-11,19,22H,4,12-18,20H2,1H3,(H,28,29,30)/b3-2+. The van der Waals surface area contributed by atoms with Gasteiger partial charge in [-0.05, 0) is 50.2 Å². The van der Waals surface area contributed by atoms with Crippen LogP contribution >= 0.6 is 0 Å². The molecular weight excluding hydrogens is 426 g/mol. The maximum absolute atomic E-state index is 6.09. The lowest BCUT2D eigenvalue weighted by Gasteiger charge is -2.39. The number of allylic oxidation sites excluding steroid dienone is 3. The van der Waals surface area contributed by atoms with Crippen LogP contribution in [0, 0.1) is 5.92 Å². The van der Waals surface area contributed by atoms with Gasteiger partial charge in [0.05, 0.1) is 25.5 Å². The van der Waals surface area contributed by atoms with Crippen molar-refractivity contribution in [3.63, 3.8) is 0 Å². The van der Waals surface area contributed by atoms with Crippen molar-refractivity contribution < 1.29 is 9.47 Å². The molecular formula is C27H33N5O2. The molecule has 34 heavy (non-hydrogen) atoms. The zero-order valence-corrected chi connectivity index (χ0v) is 19.8. The van der Waals surface area contributed by atoms with E-state index in [0.29, 0.717) is 31.7 Å². The molecule has 2 aromatic rings. The molecule has 1 atom stereocenters. The fourth-order valence-corrected chi connectivity index (χ4v) is 4.60. The normalized spacial score (nSPS) is 22.9. The first-order chi connectivity index (χ1) is 16.7. The molecule has 0 spiro atoms. The Morgan fingerprint density at radius 3 is 2.88 bits per heavy atom. The van der Waals surface area contributed by atoms with Crippen molar-refractivity contribution in [2.45, 2.75) is 12.8 Å². The van der Waals surface area contributed by atoms with E-state index >= 15 is 0 Å². The summed E-state index contributed by atoms with van der Waals surface area (Å²) in [6.07, 6.45) is 12.2. The Morgan fingerprint density at radius 2 is 1.97 bits per heavy atom. The molecule has 6 bridgehead atoms. The van der Waals surface area contributed by atoms with Gasteiger partial charge in [0.2, 0.25) is 5.95 Å². The van der Waals surface area contributed by atoms with E-state index in [-0.39, 0.29) is 0 Å². The van der Waals surface area contributed by atoms with Crippen LogP contribution in [0.4, 0.5) is 5.95 Å². The lowest BCUT2D eigenvalue weighted by molar-refractivity contribution is 0.108. The maximum atomic E-state index is 6.09. The molecule has 0 amide bonds. The molecule has 5 rings (SSSR count). The second-order valence-corrected chi connectivity index (χ2v) is 9.04. The molecule has 1 N–H and O–H groups in total. The zero-order chi connectivity index (χ0) is 23.2. The first-order valence-electron chi connectivity index (χ1n) is 12.1. The third-order valence-corrected chi connectivity index (χ3v) is 6.52. The fourth-order valence-electron chi connectivity index (χ4n) is 4.60. The molecule has 1 unspecified atom stereocenters. The van der Waals surface area contributed by atoms with Gasteiger partial charge < -0.3 is 24.6 Å². The second kappa shape index (κ2) is 10.8. The summed E-state index contributed by atoms with van der Waals surface area (Å²) < 4.78 is 12.0. The summed E-state index contributed by atoms with van der Waals surface area (Å²) in [6.45, 7) is 6.21. The van der Waals surface area contributed by atoms with E-state index < -0.39 is 0 Å². The maximum Gasteiger partial charge on any atom is 0.227 e. The summed E-state index contributed by atoms with van der Waals surface area (Å²) in [7, 11) is 2.19. The van der Waals surface area contributed by atoms with E-state index in [9.17, 15) is 0 Å². The van der Waals surface area contributed by atoms with Crippen LogP contribution in [0.15, 0.2) is 72.2 Å². The van der Waals surface area contributed by atoms with Crippen LogP contribution in [0.5, 0.6) is 5.75 Å². The molecule has 1 fully saturated rings. The average molecular weight is 460 g/mol. The predicted octanol–water partition coefficient (Wildman–Crippen LogP) is 3.95. The zero-order valence-electron chi connectivity index (χ0n) is 19.8. The van der Waals surface area contributed by atoms with E-state index in [1.165, 1.54) is 5.70 Å². The van der Waals surface area contributed by atoms with Crippen LogP contribution in [-0.2, 0) is 4.74 Å². The predicted molar refractivity (Wildman–Crippen MR) is 135 cm³/mol. The molecule has 7 heteroatoms. The number of nitrogens with zero attached hydrogens (tertiary/aromatic N) is 4. The van der Waals surface area contributed by atoms with Crippen LogP contribution in [0.2, 0.25) is 0 Å². The number of nitrogens with one attached hydrogen (secondary N) is 1. The van der Waals surface area contributed by atoms with Gasteiger partial charge in [0.1, 0.15) is 5.75 Å². The quantitative estimate of drug-likeness (QED) is 0.648. The summed E-state index contributed by atoms with van der Waals surface area (Å²) in [5.74, 6) is 1.75. The van der Waals surface area contributed by atoms with Gasteiger partial charge in [-0.3, -0.25) is 0 Å². The summed E-state index contributed by atoms with van der Waals surface area (Å²) >= 11 is 0. The number of likely N-dealkylation sites (N-methyl/N-ethyl adjacent to an activating group) is 1. The highest BCUT2D eigenvalue weighted by atomic mass is 16.5. The Balaban J connectivity index is 1.41. The minimum absolute atomic E-state index is 0.298. The van der Waals surface area contributed by atoms with Gasteiger partial charge in [0.15, 0.2) is 0 Å². The molecule has 2 aliphatic heterocycles. The minimum atomic E-state index is 0.298. The number of aromatic nitrogens is 2. The summed E-state index contributed by atoms with van der Waals surface area (Å²) in [4.78, 5) is 14.2. The van der Waals surface area contributed by atoms with Crippen molar-refractivity contribution in [2.24, 2.45) is 5.92 Å². The number of ether oxygens (including phenoxy) is 2. The lowest BCUT2D eigenvalue weighted by Crippen LogP contribution is -2.45. The Kier molecular flexibility index (Phi) is 7.22. The second-order valence-electron chi connectivity index (χ2n) is 9.04. The van der Waals surface area contributed by atoms with Gasteiger partial charge in [-0.2, -0.15) is 0 Å². The van der Waals surface area contributed by atoms with E-state index in [4.69, 9.17) is 14.5 Å². The number of piperazine rings is 1. The molecule has 1 aromatic heterocycles. The number of fused-ring (bicyclic) bond motifs is 7. The minimum Gasteiger partial charge on any atom is -0.493 e. The van der Waals surface area contributed by atoms with Crippen molar-refractivity contribution in [3.05, 3.63) is 72.2 Å². The Labute approximate surface area is 201 Å². The van der Waals surface area contributed by atoms with Crippen LogP contribution in [0.25, 0.3) is 11.3 Å². The third kappa shape index (κ3) is 5.66. The molecule has 7 nitrogen and oxygen atoms in total.